The van der Waals surface area contributed by atoms with Gasteiger partial charge in [0.2, 0.25) is 0 Å². The van der Waals surface area contributed by atoms with Gasteiger partial charge in [0.1, 0.15) is 5.82 Å². The molecule has 0 radical (unpaired) electrons. The van der Waals surface area contributed by atoms with Crippen molar-refractivity contribution >= 4 is 17.6 Å². The molecule has 88 valence electrons. The van der Waals surface area contributed by atoms with Gasteiger partial charge in [-0.1, -0.05) is 13.0 Å². The van der Waals surface area contributed by atoms with Crippen LogP contribution in [0.1, 0.15) is 19.4 Å². The van der Waals surface area contributed by atoms with Crippen LogP contribution < -0.4 is 4.90 Å². The van der Waals surface area contributed by atoms with Gasteiger partial charge in [-0.15, -0.1) is 0 Å². The maximum atomic E-state index is 8.98. The van der Waals surface area contributed by atoms with Crippen LogP contribution in [0.3, 0.4) is 0 Å². The van der Waals surface area contributed by atoms with Gasteiger partial charge >= 0.3 is 0 Å². The van der Waals surface area contributed by atoms with Crippen LogP contribution in [0.2, 0.25) is 0 Å². The van der Waals surface area contributed by atoms with Gasteiger partial charge < -0.3 is 10.0 Å². The maximum absolute atomic E-state index is 8.98. The molecular weight excluding hydrogens is 220 g/mol. The minimum Gasteiger partial charge on any atom is -0.392 e. The molecule has 0 amide bonds. The molecule has 2 atom stereocenters. The van der Waals surface area contributed by atoms with E-state index >= 15 is 0 Å². The molecule has 1 N–H and O–H groups in total. The number of thioether (sulfide) groups is 1. The summed E-state index contributed by atoms with van der Waals surface area (Å²) in [6, 6.07) is 4.47. The smallest absolute Gasteiger partial charge is 0.128 e. The number of anilines is 1. The molecule has 16 heavy (non-hydrogen) atoms. The SMILES string of the molecule is CC1SCCN(c2ccc(CO)cn2)C1C. The lowest BCUT2D eigenvalue weighted by Gasteiger charge is -2.38. The lowest BCUT2D eigenvalue weighted by atomic mass is 10.2. The largest absolute Gasteiger partial charge is 0.392 e. The number of aliphatic hydroxyl groups excluding tert-OH is 1. The number of hydrogen-bond donors (Lipinski definition) is 1. The number of nitrogens with zero attached hydrogens (tertiary/aromatic N) is 2. The van der Waals surface area contributed by atoms with Gasteiger partial charge in [-0.25, -0.2) is 4.98 Å². The number of rotatable bonds is 2. The molecule has 2 rings (SSSR count). The van der Waals surface area contributed by atoms with Gasteiger partial charge in [0.15, 0.2) is 0 Å². The van der Waals surface area contributed by atoms with Crippen LogP contribution in [0.4, 0.5) is 5.82 Å². The van der Waals surface area contributed by atoms with Crippen molar-refractivity contribution in [1.82, 2.24) is 4.98 Å². The summed E-state index contributed by atoms with van der Waals surface area (Å²) in [6.07, 6.45) is 1.76. The molecule has 3 nitrogen and oxygen atoms in total. The van der Waals surface area contributed by atoms with Crippen molar-refractivity contribution in [3.8, 4) is 0 Å². The van der Waals surface area contributed by atoms with E-state index in [1.54, 1.807) is 6.20 Å². The third kappa shape index (κ3) is 2.33. The highest BCUT2D eigenvalue weighted by atomic mass is 32.2. The molecule has 1 saturated heterocycles. The number of aromatic nitrogens is 1. The third-order valence-electron chi connectivity index (χ3n) is 3.17. The highest BCUT2D eigenvalue weighted by Crippen LogP contribution is 2.27. The van der Waals surface area contributed by atoms with Crippen LogP contribution in [0.15, 0.2) is 18.3 Å². The number of aliphatic hydroxyl groups is 1. The summed E-state index contributed by atoms with van der Waals surface area (Å²) in [6.45, 7) is 5.64. The van der Waals surface area contributed by atoms with Crippen molar-refractivity contribution in [2.45, 2.75) is 31.7 Å². The molecule has 1 aliphatic rings. The van der Waals surface area contributed by atoms with Crippen LogP contribution >= 0.6 is 11.8 Å². The van der Waals surface area contributed by atoms with Crippen molar-refractivity contribution < 1.29 is 5.11 Å². The van der Waals surface area contributed by atoms with Crippen LogP contribution in [0.25, 0.3) is 0 Å². The van der Waals surface area contributed by atoms with E-state index < -0.39 is 0 Å². The third-order valence-corrected chi connectivity index (χ3v) is 4.51. The fourth-order valence-electron chi connectivity index (χ4n) is 1.94. The molecule has 2 unspecified atom stereocenters. The van der Waals surface area contributed by atoms with Crippen LogP contribution in [0, 0.1) is 0 Å². The second kappa shape index (κ2) is 5.06. The molecule has 0 saturated carbocycles. The monoisotopic (exact) mass is 238 g/mol. The molecule has 2 heterocycles. The van der Waals surface area contributed by atoms with Crippen molar-refractivity contribution in [2.24, 2.45) is 0 Å². The van der Waals surface area contributed by atoms with E-state index in [-0.39, 0.29) is 6.61 Å². The van der Waals surface area contributed by atoms with Gasteiger partial charge in [0.25, 0.3) is 0 Å². The van der Waals surface area contributed by atoms with Gasteiger partial charge in [0, 0.05) is 29.8 Å². The minimum absolute atomic E-state index is 0.0646. The van der Waals surface area contributed by atoms with Crippen molar-refractivity contribution in [3.63, 3.8) is 0 Å². The van der Waals surface area contributed by atoms with Crippen LogP contribution in [-0.2, 0) is 6.61 Å². The summed E-state index contributed by atoms with van der Waals surface area (Å²) in [4.78, 5) is 6.76. The average molecular weight is 238 g/mol. The lowest BCUT2D eigenvalue weighted by Crippen LogP contribution is -2.45. The van der Waals surface area contributed by atoms with E-state index in [2.05, 4.69) is 23.7 Å². The Morgan fingerprint density at radius 1 is 1.50 bits per heavy atom. The Bertz CT molecular complexity index is 341. The van der Waals surface area contributed by atoms with E-state index in [9.17, 15) is 0 Å². The van der Waals surface area contributed by atoms with E-state index in [0.29, 0.717) is 11.3 Å². The molecule has 4 heteroatoms. The molecule has 0 aromatic carbocycles. The van der Waals surface area contributed by atoms with Gasteiger partial charge in [0.05, 0.1) is 6.61 Å². The Balaban J connectivity index is 2.15. The Kier molecular flexibility index (Phi) is 3.71. The summed E-state index contributed by atoms with van der Waals surface area (Å²) in [5, 5.41) is 9.62. The summed E-state index contributed by atoms with van der Waals surface area (Å²) >= 11 is 2.02. The lowest BCUT2D eigenvalue weighted by molar-refractivity contribution is 0.281. The van der Waals surface area contributed by atoms with E-state index in [1.807, 2.05) is 23.9 Å². The zero-order chi connectivity index (χ0) is 11.5. The topological polar surface area (TPSA) is 36.4 Å². The Morgan fingerprint density at radius 3 is 2.94 bits per heavy atom. The molecule has 1 aromatic rings. The molecular formula is C12H18N2OS. The highest BCUT2D eigenvalue weighted by Gasteiger charge is 2.25. The fraction of sp³-hybridized carbons (Fsp3) is 0.583. The first-order valence-electron chi connectivity index (χ1n) is 5.66. The number of pyridine rings is 1. The molecule has 1 fully saturated rings. The first-order chi connectivity index (χ1) is 7.72. The Hall–Kier alpha value is -0.740. The summed E-state index contributed by atoms with van der Waals surface area (Å²) < 4.78 is 0. The van der Waals surface area contributed by atoms with Crippen molar-refractivity contribution in [2.75, 3.05) is 17.2 Å². The Morgan fingerprint density at radius 2 is 2.31 bits per heavy atom. The quantitative estimate of drug-likeness (QED) is 0.854. The van der Waals surface area contributed by atoms with Crippen molar-refractivity contribution in [3.05, 3.63) is 23.9 Å². The second-order valence-corrected chi connectivity index (χ2v) is 5.68. The standard InChI is InChI=1S/C12H18N2OS/c1-9-10(2)16-6-5-14(9)12-4-3-11(8-15)7-13-12/h3-4,7,9-10,15H,5-6,8H2,1-2H3. The van der Waals surface area contributed by atoms with Crippen molar-refractivity contribution in [1.29, 1.82) is 0 Å². The average Bonchev–Trinajstić information content (AvgIpc) is 2.33. The first kappa shape index (κ1) is 11.7. The predicted molar refractivity (Wildman–Crippen MR) is 68.9 cm³/mol. The van der Waals surface area contributed by atoms with Gasteiger partial charge in [-0.2, -0.15) is 11.8 Å². The fourth-order valence-corrected chi connectivity index (χ4v) is 3.04. The molecule has 1 aromatic heterocycles. The summed E-state index contributed by atoms with van der Waals surface area (Å²) in [5.74, 6) is 2.19. The second-order valence-electron chi connectivity index (χ2n) is 4.19. The minimum atomic E-state index is 0.0646. The summed E-state index contributed by atoms with van der Waals surface area (Å²) in [5.41, 5.74) is 0.871. The zero-order valence-electron chi connectivity index (χ0n) is 9.76. The van der Waals surface area contributed by atoms with Gasteiger partial charge in [-0.05, 0) is 18.6 Å². The Labute approximate surface area is 101 Å². The van der Waals surface area contributed by atoms with Crippen LogP contribution in [0.5, 0.6) is 0 Å². The van der Waals surface area contributed by atoms with Gasteiger partial charge in [-0.3, -0.25) is 0 Å². The predicted octanol–water partition coefficient (Wildman–Crippen LogP) is 1.90. The van der Waals surface area contributed by atoms with E-state index in [1.165, 1.54) is 0 Å². The molecule has 0 aliphatic carbocycles. The maximum Gasteiger partial charge on any atom is 0.128 e. The van der Waals surface area contributed by atoms with E-state index in [4.69, 9.17) is 5.11 Å². The molecule has 0 bridgehead atoms. The number of hydrogen-bond acceptors (Lipinski definition) is 4. The highest BCUT2D eigenvalue weighted by molar-refractivity contribution is 8.00. The first-order valence-corrected chi connectivity index (χ1v) is 6.71. The molecule has 1 aliphatic heterocycles. The normalized spacial score (nSPS) is 25.8. The van der Waals surface area contributed by atoms with Crippen LogP contribution in [-0.4, -0.2) is 33.7 Å². The van der Waals surface area contributed by atoms with E-state index in [0.717, 1.165) is 23.7 Å². The summed E-state index contributed by atoms with van der Waals surface area (Å²) in [7, 11) is 0. The molecule has 0 spiro atoms. The zero-order valence-corrected chi connectivity index (χ0v) is 10.6.